The van der Waals surface area contributed by atoms with Crippen molar-refractivity contribution in [3.8, 4) is 5.75 Å². The average Bonchev–Trinajstić information content (AvgIpc) is 2.72. The minimum atomic E-state index is -0.522. The number of rotatable bonds is 5. The first-order valence-corrected chi connectivity index (χ1v) is 8.95. The van der Waals surface area contributed by atoms with Gasteiger partial charge < -0.3 is 19.3 Å². The van der Waals surface area contributed by atoms with E-state index in [0.29, 0.717) is 31.0 Å². The van der Waals surface area contributed by atoms with Crippen LogP contribution in [0.2, 0.25) is 0 Å². The van der Waals surface area contributed by atoms with Gasteiger partial charge in [-0.05, 0) is 30.8 Å². The van der Waals surface area contributed by atoms with E-state index in [1.54, 1.807) is 23.1 Å². The van der Waals surface area contributed by atoms with E-state index in [1.807, 2.05) is 37.4 Å². The number of amides is 1. The molecule has 2 aromatic rings. The monoisotopic (exact) mass is 368 g/mol. The van der Waals surface area contributed by atoms with Crippen molar-refractivity contribution in [1.82, 2.24) is 9.80 Å². The summed E-state index contributed by atoms with van der Waals surface area (Å²) in [5, 5.41) is 0. The van der Waals surface area contributed by atoms with Gasteiger partial charge in [-0.3, -0.25) is 4.79 Å². The molecule has 0 atom stereocenters. The van der Waals surface area contributed by atoms with Crippen molar-refractivity contribution in [2.24, 2.45) is 0 Å². The Labute approximate surface area is 159 Å². The van der Waals surface area contributed by atoms with E-state index >= 15 is 0 Å². The number of carbonyl (C=O) groups is 2. The molecule has 0 radical (unpaired) electrons. The fraction of sp³-hybridized carbons (Fsp3) is 0.333. The van der Waals surface area contributed by atoms with Gasteiger partial charge >= 0.3 is 5.97 Å². The summed E-state index contributed by atoms with van der Waals surface area (Å²) in [7, 11) is 3.36. The lowest BCUT2D eigenvalue weighted by Crippen LogP contribution is -2.47. The molecule has 27 heavy (non-hydrogen) atoms. The molecule has 0 saturated carbocycles. The Hall–Kier alpha value is -2.86. The first-order valence-electron chi connectivity index (χ1n) is 8.95. The highest BCUT2D eigenvalue weighted by atomic mass is 16.5. The maximum Gasteiger partial charge on any atom is 0.341 e. The Bertz CT molecular complexity index is 799. The summed E-state index contributed by atoms with van der Waals surface area (Å²) in [4.78, 5) is 29.0. The van der Waals surface area contributed by atoms with Gasteiger partial charge in [-0.2, -0.15) is 0 Å². The zero-order valence-electron chi connectivity index (χ0n) is 15.7. The van der Waals surface area contributed by atoms with Gasteiger partial charge in [-0.1, -0.05) is 30.3 Å². The molecule has 0 spiro atoms. The van der Waals surface area contributed by atoms with Gasteiger partial charge in [-0.15, -0.1) is 0 Å². The minimum Gasteiger partial charge on any atom is -0.488 e. The van der Waals surface area contributed by atoms with E-state index in [9.17, 15) is 9.59 Å². The molecular weight excluding hydrogens is 344 g/mol. The molecule has 6 nitrogen and oxygen atoms in total. The number of hydrogen-bond acceptors (Lipinski definition) is 5. The van der Waals surface area contributed by atoms with Crippen LogP contribution in [0.1, 0.15) is 26.3 Å². The molecule has 2 aromatic carbocycles. The van der Waals surface area contributed by atoms with Crippen LogP contribution in [0, 0.1) is 0 Å². The van der Waals surface area contributed by atoms with Crippen molar-refractivity contribution >= 4 is 11.9 Å². The van der Waals surface area contributed by atoms with Gasteiger partial charge in [0.05, 0.1) is 7.11 Å². The minimum absolute atomic E-state index is 0.0807. The number of likely N-dealkylation sites (N-methyl/N-ethyl adjacent to an activating group) is 1. The summed E-state index contributed by atoms with van der Waals surface area (Å²) in [6.07, 6.45) is 0. The van der Waals surface area contributed by atoms with Crippen LogP contribution in [0.25, 0.3) is 0 Å². The van der Waals surface area contributed by atoms with Crippen molar-refractivity contribution in [3.05, 3.63) is 65.2 Å². The third kappa shape index (κ3) is 4.65. The average molecular weight is 368 g/mol. The van der Waals surface area contributed by atoms with E-state index in [-0.39, 0.29) is 11.5 Å². The highest BCUT2D eigenvalue weighted by molar-refractivity contribution is 5.99. The first-order chi connectivity index (χ1) is 13.1. The van der Waals surface area contributed by atoms with Gasteiger partial charge in [0.2, 0.25) is 0 Å². The van der Waals surface area contributed by atoms with Crippen LogP contribution in [-0.2, 0) is 11.3 Å². The second-order valence-electron chi connectivity index (χ2n) is 6.57. The second kappa shape index (κ2) is 8.68. The SMILES string of the molecule is COC(=O)c1cc(C(=O)N2CCN(C)CC2)ccc1OCc1ccccc1. The van der Waals surface area contributed by atoms with Gasteiger partial charge in [0.25, 0.3) is 5.91 Å². The number of hydrogen-bond donors (Lipinski definition) is 0. The lowest BCUT2D eigenvalue weighted by Gasteiger charge is -2.32. The smallest absolute Gasteiger partial charge is 0.341 e. The molecule has 0 N–H and O–H groups in total. The summed E-state index contributed by atoms with van der Waals surface area (Å²) in [6.45, 7) is 3.36. The highest BCUT2D eigenvalue weighted by Gasteiger charge is 2.23. The number of carbonyl (C=O) groups excluding carboxylic acids is 2. The topological polar surface area (TPSA) is 59.1 Å². The summed E-state index contributed by atoms with van der Waals surface area (Å²) < 4.78 is 10.7. The molecule has 0 bridgehead atoms. The number of piperazine rings is 1. The van der Waals surface area contributed by atoms with Crippen LogP contribution in [0.4, 0.5) is 0 Å². The summed E-state index contributed by atoms with van der Waals surface area (Å²) >= 11 is 0. The number of esters is 1. The predicted molar refractivity (Wildman–Crippen MR) is 102 cm³/mol. The van der Waals surface area contributed by atoms with Gasteiger partial charge in [0, 0.05) is 31.7 Å². The largest absolute Gasteiger partial charge is 0.488 e. The van der Waals surface area contributed by atoms with Crippen LogP contribution >= 0.6 is 0 Å². The summed E-state index contributed by atoms with van der Waals surface area (Å²) in [6, 6.07) is 14.6. The Morgan fingerprint density at radius 2 is 1.70 bits per heavy atom. The summed E-state index contributed by atoms with van der Waals surface area (Å²) in [5.74, 6) is -0.199. The number of methoxy groups -OCH3 is 1. The molecule has 142 valence electrons. The number of ether oxygens (including phenoxy) is 2. The van der Waals surface area contributed by atoms with Crippen LogP contribution in [0.3, 0.4) is 0 Å². The van der Waals surface area contributed by atoms with Crippen molar-refractivity contribution in [1.29, 1.82) is 0 Å². The van der Waals surface area contributed by atoms with E-state index < -0.39 is 5.97 Å². The third-order valence-corrected chi connectivity index (χ3v) is 4.66. The van der Waals surface area contributed by atoms with Crippen LogP contribution in [0.15, 0.2) is 48.5 Å². The van der Waals surface area contributed by atoms with Gasteiger partial charge in [-0.25, -0.2) is 4.79 Å². The lowest BCUT2D eigenvalue weighted by molar-refractivity contribution is 0.0595. The van der Waals surface area contributed by atoms with E-state index in [4.69, 9.17) is 9.47 Å². The Kier molecular flexibility index (Phi) is 6.08. The molecule has 1 amide bonds. The molecule has 0 aromatic heterocycles. The molecule has 1 aliphatic rings. The van der Waals surface area contributed by atoms with Crippen LogP contribution in [-0.4, -0.2) is 62.0 Å². The van der Waals surface area contributed by atoms with E-state index in [0.717, 1.165) is 18.7 Å². The van der Waals surface area contributed by atoms with Crippen molar-refractivity contribution < 1.29 is 19.1 Å². The Balaban J connectivity index is 1.79. The maximum absolute atomic E-state index is 12.8. The maximum atomic E-state index is 12.8. The summed E-state index contributed by atoms with van der Waals surface area (Å²) in [5.41, 5.74) is 1.71. The lowest BCUT2D eigenvalue weighted by atomic mass is 10.1. The molecule has 1 heterocycles. The fourth-order valence-electron chi connectivity index (χ4n) is 2.99. The normalized spacial score (nSPS) is 14.7. The highest BCUT2D eigenvalue weighted by Crippen LogP contribution is 2.23. The zero-order chi connectivity index (χ0) is 19.2. The molecular formula is C21H24N2O4. The van der Waals surface area contributed by atoms with Gasteiger partial charge in [0.1, 0.15) is 17.9 Å². The zero-order valence-corrected chi connectivity index (χ0v) is 15.7. The predicted octanol–water partition coefficient (Wildman–Crippen LogP) is 2.44. The third-order valence-electron chi connectivity index (χ3n) is 4.66. The standard InChI is InChI=1S/C21H24N2O4/c1-22-10-12-23(13-11-22)20(24)17-8-9-19(18(14-17)21(25)26-2)27-15-16-6-4-3-5-7-16/h3-9,14H,10-13,15H2,1-2H3. The van der Waals surface area contributed by atoms with Crippen molar-refractivity contribution in [2.75, 3.05) is 40.3 Å². The molecule has 1 saturated heterocycles. The number of benzene rings is 2. The Morgan fingerprint density at radius 3 is 2.37 bits per heavy atom. The second-order valence-corrected chi connectivity index (χ2v) is 6.57. The quantitative estimate of drug-likeness (QED) is 0.759. The number of nitrogens with zero attached hydrogens (tertiary/aromatic N) is 2. The van der Waals surface area contributed by atoms with Crippen molar-refractivity contribution in [2.45, 2.75) is 6.61 Å². The molecule has 1 aliphatic heterocycles. The molecule has 0 aliphatic carbocycles. The molecule has 3 rings (SSSR count). The Morgan fingerprint density at radius 1 is 1.00 bits per heavy atom. The molecule has 0 unspecified atom stereocenters. The fourth-order valence-corrected chi connectivity index (χ4v) is 2.99. The molecule has 6 heteroatoms. The van der Waals surface area contributed by atoms with Crippen LogP contribution in [0.5, 0.6) is 5.75 Å². The van der Waals surface area contributed by atoms with Gasteiger partial charge in [0.15, 0.2) is 0 Å². The van der Waals surface area contributed by atoms with Crippen LogP contribution < -0.4 is 4.74 Å². The first kappa shape index (κ1) is 18.9. The van der Waals surface area contributed by atoms with E-state index in [2.05, 4.69) is 4.90 Å². The van der Waals surface area contributed by atoms with Crippen molar-refractivity contribution in [3.63, 3.8) is 0 Å². The molecule has 1 fully saturated rings. The van der Waals surface area contributed by atoms with E-state index in [1.165, 1.54) is 7.11 Å².